The summed E-state index contributed by atoms with van der Waals surface area (Å²) in [5, 5.41) is 25.7. The summed E-state index contributed by atoms with van der Waals surface area (Å²) >= 11 is 5.96. The molecule has 0 saturated carbocycles. The fraction of sp³-hybridized carbons (Fsp3) is 0.441. The Bertz CT molecular complexity index is 1690. The minimum absolute atomic E-state index is 0.0548. The van der Waals surface area contributed by atoms with Gasteiger partial charge >= 0.3 is 12.3 Å². The molecule has 0 spiro atoms. The number of ether oxygens (including phenoxy) is 3. The maximum Gasteiger partial charge on any atom is 0.424 e. The molecule has 0 aliphatic carbocycles. The summed E-state index contributed by atoms with van der Waals surface area (Å²) in [6.45, 7) is 9.43. The number of nitrogens with zero attached hydrogens (tertiary/aromatic N) is 1. The molecule has 3 aromatic rings. The molecule has 1 unspecified atom stereocenters. The number of carbonyl (C=O) groups excluding carboxylic acids is 2. The molecule has 2 amide bonds. The van der Waals surface area contributed by atoms with E-state index in [0.29, 0.717) is 0 Å². The number of rotatable bonds is 11. The van der Waals surface area contributed by atoms with Crippen molar-refractivity contribution in [1.82, 2.24) is 15.6 Å². The molecular weight excluding hydrogens is 674 g/mol. The molecule has 4 N–H and O–H groups in total. The Morgan fingerprint density at radius 1 is 0.918 bits per heavy atom. The topological polar surface area (TPSA) is 139 Å². The van der Waals surface area contributed by atoms with Gasteiger partial charge < -0.3 is 35.1 Å². The van der Waals surface area contributed by atoms with Crippen LogP contribution in [0, 0.1) is 5.82 Å². The number of nitrogens with one attached hydrogen (secondary N) is 2. The molecule has 1 aromatic heterocycles. The number of benzene rings is 2. The van der Waals surface area contributed by atoms with Gasteiger partial charge in [0.25, 0.3) is 5.91 Å². The predicted molar refractivity (Wildman–Crippen MR) is 174 cm³/mol. The third-order valence-electron chi connectivity index (χ3n) is 6.98. The van der Waals surface area contributed by atoms with Crippen LogP contribution in [0.1, 0.15) is 70.1 Å². The second-order valence-corrected chi connectivity index (χ2v) is 13.9. The lowest BCUT2D eigenvalue weighted by Gasteiger charge is -2.33. The smallest absolute Gasteiger partial charge is 0.424 e. The lowest BCUT2D eigenvalue weighted by atomic mass is 9.88. The highest BCUT2D eigenvalue weighted by molar-refractivity contribution is 6.31. The van der Waals surface area contributed by atoms with E-state index in [1.807, 2.05) is 0 Å². The van der Waals surface area contributed by atoms with Gasteiger partial charge in [-0.2, -0.15) is 13.2 Å². The highest BCUT2D eigenvalue weighted by Crippen LogP contribution is 2.40. The second kappa shape index (κ2) is 14.4. The lowest BCUT2D eigenvalue weighted by molar-refractivity contribution is -0.265. The van der Waals surface area contributed by atoms with E-state index in [2.05, 4.69) is 15.6 Å². The van der Waals surface area contributed by atoms with Crippen LogP contribution in [-0.4, -0.2) is 64.8 Å². The summed E-state index contributed by atoms with van der Waals surface area (Å²) in [5.41, 5.74) is -8.27. The van der Waals surface area contributed by atoms with Crippen LogP contribution in [0.4, 0.5) is 22.4 Å². The standard InChI is InChI=1S/C34H40ClF4N3O7/c1-30(2,3)49-29(44)42-32(6,7)21-15-24(19-9-11-23(36)22(35)13-19)41-27(16-21)33(46,34(37,38)39)17-40-28(43)20-10-12-25(26(14-20)47-8)48-18-31(4,5)45/h9-16,45-46H,17-18H2,1-8H3,(H,40,43)(H,42,44). The van der Waals surface area contributed by atoms with E-state index in [1.54, 1.807) is 20.8 Å². The summed E-state index contributed by atoms with van der Waals surface area (Å²) < 4.78 is 74.5. The van der Waals surface area contributed by atoms with Crippen LogP contribution in [0.2, 0.25) is 5.02 Å². The fourth-order valence-corrected chi connectivity index (χ4v) is 4.55. The van der Waals surface area contributed by atoms with Crippen LogP contribution in [0.3, 0.4) is 0 Å². The summed E-state index contributed by atoms with van der Waals surface area (Å²) in [7, 11) is 1.29. The van der Waals surface area contributed by atoms with Gasteiger partial charge in [0.05, 0.1) is 41.2 Å². The molecule has 3 rings (SSSR count). The largest absolute Gasteiger partial charge is 0.493 e. The first kappa shape index (κ1) is 39.3. The molecule has 10 nitrogen and oxygen atoms in total. The molecule has 0 aliphatic heterocycles. The Kier molecular flexibility index (Phi) is 11.5. The van der Waals surface area contributed by atoms with E-state index >= 15 is 0 Å². The van der Waals surface area contributed by atoms with Gasteiger partial charge in [-0.25, -0.2) is 14.2 Å². The average molecular weight is 714 g/mol. The Labute approximate surface area is 286 Å². The van der Waals surface area contributed by atoms with Gasteiger partial charge in [-0.1, -0.05) is 11.6 Å². The highest BCUT2D eigenvalue weighted by Gasteiger charge is 2.56. The average Bonchev–Trinajstić information content (AvgIpc) is 2.97. The predicted octanol–water partition coefficient (Wildman–Crippen LogP) is 6.64. The molecule has 0 fully saturated rings. The van der Waals surface area contributed by atoms with Gasteiger partial charge in [-0.3, -0.25) is 4.79 Å². The third kappa shape index (κ3) is 10.2. The van der Waals surface area contributed by atoms with Crippen molar-refractivity contribution >= 4 is 23.6 Å². The SMILES string of the molecule is COc1cc(C(=O)NCC(O)(c2cc(C(C)(C)NC(=O)OC(C)(C)C)cc(-c3ccc(F)c(Cl)c3)n2)C(F)(F)F)ccc1OCC(C)(C)O. The van der Waals surface area contributed by atoms with Crippen molar-refractivity contribution < 1.29 is 51.6 Å². The Morgan fingerprint density at radius 2 is 1.57 bits per heavy atom. The molecular formula is C34H40ClF4N3O7. The van der Waals surface area contributed by atoms with Gasteiger partial charge in [0.1, 0.15) is 18.0 Å². The monoisotopic (exact) mass is 713 g/mol. The van der Waals surface area contributed by atoms with E-state index in [0.717, 1.165) is 18.2 Å². The van der Waals surface area contributed by atoms with E-state index in [1.165, 1.54) is 65.1 Å². The van der Waals surface area contributed by atoms with Crippen molar-refractivity contribution in [3.05, 3.63) is 76.2 Å². The number of halogens is 5. The zero-order chi connectivity index (χ0) is 37.2. The number of aromatic nitrogens is 1. The number of aliphatic hydroxyl groups is 2. The van der Waals surface area contributed by atoms with Crippen LogP contribution in [0.5, 0.6) is 11.5 Å². The van der Waals surface area contributed by atoms with Crippen molar-refractivity contribution in [2.75, 3.05) is 20.3 Å². The summed E-state index contributed by atoms with van der Waals surface area (Å²) in [4.78, 5) is 29.9. The Balaban J connectivity index is 2.07. The molecule has 49 heavy (non-hydrogen) atoms. The number of alkyl halides is 3. The van der Waals surface area contributed by atoms with E-state index in [-0.39, 0.29) is 45.5 Å². The molecule has 268 valence electrons. The van der Waals surface area contributed by atoms with E-state index in [9.17, 15) is 37.4 Å². The number of carbonyl (C=O) groups is 2. The molecule has 1 heterocycles. The van der Waals surface area contributed by atoms with Crippen LogP contribution in [0.25, 0.3) is 11.3 Å². The van der Waals surface area contributed by atoms with E-state index in [4.69, 9.17) is 25.8 Å². The van der Waals surface area contributed by atoms with Crippen LogP contribution < -0.4 is 20.1 Å². The maximum atomic E-state index is 14.8. The first-order chi connectivity index (χ1) is 22.3. The first-order valence-corrected chi connectivity index (χ1v) is 15.3. The molecule has 0 saturated heterocycles. The summed E-state index contributed by atoms with van der Waals surface area (Å²) in [5.74, 6) is -1.54. The number of hydrogen-bond acceptors (Lipinski definition) is 8. The number of methoxy groups -OCH3 is 1. The summed E-state index contributed by atoms with van der Waals surface area (Å²) in [6.07, 6.45) is -6.26. The molecule has 0 aliphatic rings. The normalized spacial score (nSPS) is 13.7. The molecule has 1 atom stereocenters. The van der Waals surface area contributed by atoms with Crippen molar-refractivity contribution in [1.29, 1.82) is 0 Å². The fourth-order valence-electron chi connectivity index (χ4n) is 4.37. The zero-order valence-corrected chi connectivity index (χ0v) is 29.1. The lowest BCUT2D eigenvalue weighted by Crippen LogP contribution is -2.52. The number of hydrogen-bond donors (Lipinski definition) is 4. The van der Waals surface area contributed by atoms with Crippen LogP contribution >= 0.6 is 11.6 Å². The van der Waals surface area contributed by atoms with Crippen molar-refractivity contribution in [3.63, 3.8) is 0 Å². The van der Waals surface area contributed by atoms with Crippen molar-refractivity contribution in [3.8, 4) is 22.8 Å². The molecule has 2 aromatic carbocycles. The van der Waals surface area contributed by atoms with Gasteiger partial charge in [0, 0.05) is 11.1 Å². The Morgan fingerprint density at radius 3 is 2.12 bits per heavy atom. The molecule has 15 heteroatoms. The minimum Gasteiger partial charge on any atom is -0.493 e. The number of amides is 2. The number of alkyl carbamates (subject to hydrolysis) is 1. The van der Waals surface area contributed by atoms with Gasteiger partial charge in [0.15, 0.2) is 11.5 Å². The second-order valence-electron chi connectivity index (χ2n) is 13.5. The highest BCUT2D eigenvalue weighted by atomic mass is 35.5. The zero-order valence-electron chi connectivity index (χ0n) is 28.3. The number of pyridine rings is 1. The van der Waals surface area contributed by atoms with Gasteiger partial charge in [0.2, 0.25) is 5.60 Å². The van der Waals surface area contributed by atoms with Crippen LogP contribution in [-0.2, 0) is 15.9 Å². The van der Waals surface area contributed by atoms with E-state index < -0.39 is 58.6 Å². The quantitative estimate of drug-likeness (QED) is 0.162. The van der Waals surface area contributed by atoms with Crippen molar-refractivity contribution in [2.45, 2.75) is 77.0 Å². The summed E-state index contributed by atoms with van der Waals surface area (Å²) in [6, 6.07) is 9.53. The molecule has 0 radical (unpaired) electrons. The molecule has 0 bridgehead atoms. The third-order valence-corrected chi connectivity index (χ3v) is 7.27. The van der Waals surface area contributed by atoms with Crippen molar-refractivity contribution in [2.24, 2.45) is 0 Å². The van der Waals surface area contributed by atoms with Gasteiger partial charge in [-0.05, 0) is 103 Å². The Hall–Kier alpha value is -4.14. The van der Waals surface area contributed by atoms with Crippen LogP contribution in [0.15, 0.2) is 48.5 Å². The maximum absolute atomic E-state index is 14.8. The minimum atomic E-state index is -5.39. The van der Waals surface area contributed by atoms with Gasteiger partial charge in [-0.15, -0.1) is 0 Å². The first-order valence-electron chi connectivity index (χ1n) is 15.0.